The molecule has 2 amide bonds. The van der Waals surface area contributed by atoms with E-state index in [-0.39, 0.29) is 30.4 Å². The number of thiophene rings is 1. The summed E-state index contributed by atoms with van der Waals surface area (Å²) in [5.41, 5.74) is -0.151. The Bertz CT molecular complexity index is 416. The molecule has 1 aromatic rings. The van der Waals surface area contributed by atoms with Crippen LogP contribution < -0.4 is 10.6 Å². The molecule has 1 rings (SSSR count). The standard InChI is InChI=1S/C13H20N2O3S/c1-13(2,5-6-16)9-15-11(17)8-14-12(18)10-4-3-7-19-10/h3-4,7,16H,5-6,8-9H2,1-2H3,(H,14,18)(H,15,17). The van der Waals surface area contributed by atoms with E-state index in [0.29, 0.717) is 17.8 Å². The van der Waals surface area contributed by atoms with E-state index in [9.17, 15) is 9.59 Å². The Morgan fingerprint density at radius 1 is 1.37 bits per heavy atom. The van der Waals surface area contributed by atoms with Crippen LogP contribution in [0.4, 0.5) is 0 Å². The van der Waals surface area contributed by atoms with Gasteiger partial charge in [0.1, 0.15) is 0 Å². The molecule has 0 aliphatic rings. The Kier molecular flexibility index (Phi) is 5.98. The fourth-order valence-electron chi connectivity index (χ4n) is 1.45. The lowest BCUT2D eigenvalue weighted by Gasteiger charge is -2.23. The van der Waals surface area contributed by atoms with Gasteiger partial charge in [-0.3, -0.25) is 9.59 Å². The molecule has 0 atom stereocenters. The molecule has 0 radical (unpaired) electrons. The summed E-state index contributed by atoms with van der Waals surface area (Å²) >= 11 is 1.34. The van der Waals surface area contributed by atoms with Crippen LogP contribution in [0.25, 0.3) is 0 Å². The fraction of sp³-hybridized carbons (Fsp3) is 0.538. The smallest absolute Gasteiger partial charge is 0.261 e. The maximum atomic E-state index is 11.6. The van der Waals surface area contributed by atoms with Crippen molar-refractivity contribution in [2.45, 2.75) is 20.3 Å². The number of nitrogens with one attached hydrogen (secondary N) is 2. The molecule has 19 heavy (non-hydrogen) atoms. The molecule has 106 valence electrons. The highest BCUT2D eigenvalue weighted by molar-refractivity contribution is 7.12. The lowest BCUT2D eigenvalue weighted by molar-refractivity contribution is -0.120. The van der Waals surface area contributed by atoms with Gasteiger partial charge >= 0.3 is 0 Å². The lowest BCUT2D eigenvalue weighted by atomic mass is 9.90. The van der Waals surface area contributed by atoms with Crippen LogP contribution >= 0.6 is 11.3 Å². The van der Waals surface area contributed by atoms with Gasteiger partial charge in [0, 0.05) is 13.2 Å². The zero-order valence-corrected chi connectivity index (χ0v) is 12.0. The summed E-state index contributed by atoms with van der Waals surface area (Å²) in [5, 5.41) is 16.0. The van der Waals surface area contributed by atoms with E-state index < -0.39 is 0 Å². The van der Waals surface area contributed by atoms with Gasteiger partial charge < -0.3 is 15.7 Å². The molecule has 0 unspecified atom stereocenters. The number of hydrogen-bond donors (Lipinski definition) is 3. The molecule has 6 heteroatoms. The molecule has 0 bridgehead atoms. The van der Waals surface area contributed by atoms with Crippen LogP contribution in [0.15, 0.2) is 17.5 Å². The molecule has 1 aromatic heterocycles. The van der Waals surface area contributed by atoms with Crippen molar-refractivity contribution in [2.24, 2.45) is 5.41 Å². The van der Waals surface area contributed by atoms with Crippen molar-refractivity contribution in [1.82, 2.24) is 10.6 Å². The first kappa shape index (κ1) is 15.7. The zero-order valence-electron chi connectivity index (χ0n) is 11.2. The second-order valence-corrected chi connectivity index (χ2v) is 6.02. The van der Waals surface area contributed by atoms with Crippen molar-refractivity contribution in [3.63, 3.8) is 0 Å². The topological polar surface area (TPSA) is 78.4 Å². The molecule has 3 N–H and O–H groups in total. The van der Waals surface area contributed by atoms with Crippen LogP contribution in [0, 0.1) is 5.41 Å². The summed E-state index contributed by atoms with van der Waals surface area (Å²) in [6, 6.07) is 3.50. The highest BCUT2D eigenvalue weighted by Crippen LogP contribution is 2.17. The van der Waals surface area contributed by atoms with Gasteiger partial charge in [-0.2, -0.15) is 0 Å². The highest BCUT2D eigenvalue weighted by Gasteiger charge is 2.18. The third-order valence-electron chi connectivity index (χ3n) is 2.71. The van der Waals surface area contributed by atoms with Gasteiger partial charge in [0.15, 0.2) is 0 Å². The number of aliphatic hydroxyl groups excluding tert-OH is 1. The summed E-state index contributed by atoms with van der Waals surface area (Å²) in [6.45, 7) is 4.46. The second kappa shape index (κ2) is 7.25. The third-order valence-corrected chi connectivity index (χ3v) is 3.58. The van der Waals surface area contributed by atoms with Crippen LogP contribution in [-0.4, -0.2) is 36.6 Å². The first-order valence-corrected chi connectivity index (χ1v) is 7.02. The summed E-state index contributed by atoms with van der Waals surface area (Å²) < 4.78 is 0. The maximum absolute atomic E-state index is 11.6. The predicted octanol–water partition coefficient (Wildman–Crippen LogP) is 1.00. The van der Waals surface area contributed by atoms with Crippen molar-refractivity contribution < 1.29 is 14.7 Å². The first-order valence-electron chi connectivity index (χ1n) is 6.14. The molecule has 0 aliphatic heterocycles. The Hall–Kier alpha value is -1.40. The number of hydrogen-bond acceptors (Lipinski definition) is 4. The minimum atomic E-state index is -0.236. The Morgan fingerprint density at radius 2 is 2.11 bits per heavy atom. The monoisotopic (exact) mass is 284 g/mol. The molecule has 0 saturated carbocycles. The van der Waals surface area contributed by atoms with Gasteiger partial charge in [0.2, 0.25) is 5.91 Å². The van der Waals surface area contributed by atoms with Crippen molar-refractivity contribution in [3.8, 4) is 0 Å². The lowest BCUT2D eigenvalue weighted by Crippen LogP contribution is -2.41. The van der Waals surface area contributed by atoms with Crippen molar-refractivity contribution >= 4 is 23.2 Å². The summed E-state index contributed by atoms with van der Waals surface area (Å²) in [5.74, 6) is -0.462. The third kappa shape index (κ3) is 5.85. The van der Waals surface area contributed by atoms with Gasteiger partial charge in [-0.15, -0.1) is 11.3 Å². The molecule has 1 heterocycles. The van der Waals surface area contributed by atoms with E-state index in [4.69, 9.17) is 5.11 Å². The minimum absolute atomic E-state index is 0.0358. The Labute approximate surface area is 117 Å². The van der Waals surface area contributed by atoms with Crippen LogP contribution in [-0.2, 0) is 4.79 Å². The minimum Gasteiger partial charge on any atom is -0.396 e. The molecule has 0 spiro atoms. The zero-order chi connectivity index (χ0) is 14.3. The summed E-state index contributed by atoms with van der Waals surface area (Å²) in [6.07, 6.45) is 0.620. The highest BCUT2D eigenvalue weighted by atomic mass is 32.1. The molecule has 0 saturated heterocycles. The van der Waals surface area contributed by atoms with E-state index >= 15 is 0 Å². The van der Waals surface area contributed by atoms with Crippen LogP contribution in [0.5, 0.6) is 0 Å². The number of amides is 2. The maximum Gasteiger partial charge on any atom is 0.261 e. The first-order chi connectivity index (χ1) is 8.94. The number of rotatable bonds is 7. The van der Waals surface area contributed by atoms with E-state index in [1.54, 1.807) is 12.1 Å². The predicted molar refractivity (Wildman–Crippen MR) is 75.1 cm³/mol. The van der Waals surface area contributed by atoms with Crippen LogP contribution in [0.2, 0.25) is 0 Å². The molecule has 0 aromatic carbocycles. The van der Waals surface area contributed by atoms with E-state index in [1.807, 2.05) is 19.2 Å². The fourth-order valence-corrected chi connectivity index (χ4v) is 2.09. The second-order valence-electron chi connectivity index (χ2n) is 5.07. The number of aliphatic hydroxyl groups is 1. The van der Waals surface area contributed by atoms with Crippen LogP contribution in [0.3, 0.4) is 0 Å². The van der Waals surface area contributed by atoms with Crippen LogP contribution in [0.1, 0.15) is 29.9 Å². The van der Waals surface area contributed by atoms with Gasteiger partial charge in [-0.25, -0.2) is 0 Å². The van der Waals surface area contributed by atoms with Crippen molar-refractivity contribution in [1.29, 1.82) is 0 Å². The van der Waals surface area contributed by atoms with E-state index in [2.05, 4.69) is 10.6 Å². The molecule has 0 aliphatic carbocycles. The van der Waals surface area contributed by atoms with Gasteiger partial charge in [0.05, 0.1) is 11.4 Å². The Morgan fingerprint density at radius 3 is 2.68 bits per heavy atom. The summed E-state index contributed by atoms with van der Waals surface area (Å²) in [7, 11) is 0. The number of carbonyl (C=O) groups is 2. The van der Waals surface area contributed by atoms with Gasteiger partial charge in [-0.05, 0) is 23.3 Å². The molecular formula is C13H20N2O3S. The normalized spacial score (nSPS) is 11.1. The SMILES string of the molecule is CC(C)(CCO)CNC(=O)CNC(=O)c1cccs1. The Balaban J connectivity index is 2.27. The van der Waals surface area contributed by atoms with Gasteiger partial charge in [0.25, 0.3) is 5.91 Å². The number of carbonyl (C=O) groups excluding carboxylic acids is 2. The van der Waals surface area contributed by atoms with E-state index in [1.165, 1.54) is 11.3 Å². The van der Waals surface area contributed by atoms with Crippen molar-refractivity contribution in [2.75, 3.05) is 19.7 Å². The average Bonchev–Trinajstić information content (AvgIpc) is 2.87. The van der Waals surface area contributed by atoms with Crippen molar-refractivity contribution in [3.05, 3.63) is 22.4 Å². The van der Waals surface area contributed by atoms with E-state index in [0.717, 1.165) is 0 Å². The summed E-state index contributed by atoms with van der Waals surface area (Å²) in [4.78, 5) is 23.8. The molecule has 0 fully saturated rings. The largest absolute Gasteiger partial charge is 0.396 e. The quantitative estimate of drug-likeness (QED) is 0.699. The van der Waals surface area contributed by atoms with Gasteiger partial charge in [-0.1, -0.05) is 19.9 Å². The molecular weight excluding hydrogens is 264 g/mol. The average molecular weight is 284 g/mol. The molecule has 5 nitrogen and oxygen atoms in total.